The summed E-state index contributed by atoms with van der Waals surface area (Å²) in [4.78, 5) is 24.4. The van der Waals surface area contributed by atoms with E-state index in [-0.39, 0.29) is 6.61 Å². The van der Waals surface area contributed by atoms with Crippen LogP contribution in [0.4, 0.5) is 0 Å². The van der Waals surface area contributed by atoms with Crippen LogP contribution in [0.2, 0.25) is 5.04 Å². The number of hydrogen-bond donors (Lipinski definition) is 5. The van der Waals surface area contributed by atoms with Crippen molar-refractivity contribution in [2.24, 2.45) is 0 Å². The fourth-order valence-electron chi connectivity index (χ4n) is 6.65. The van der Waals surface area contributed by atoms with Gasteiger partial charge in [-0.2, -0.15) is 8.42 Å². The number of carbonyl (C=O) groups is 2. The lowest BCUT2D eigenvalue weighted by atomic mass is 9.95. The van der Waals surface area contributed by atoms with Crippen molar-refractivity contribution in [3.05, 3.63) is 60.7 Å². The Balaban J connectivity index is 1.87. The summed E-state index contributed by atoms with van der Waals surface area (Å²) in [6.07, 6.45) is -14.7. The van der Waals surface area contributed by atoms with E-state index in [2.05, 4.69) is 5.32 Å². The molecule has 51 heavy (non-hydrogen) atoms. The molecule has 16 nitrogen and oxygen atoms in total. The van der Waals surface area contributed by atoms with Crippen LogP contribution in [0.25, 0.3) is 0 Å². The number of benzene rings is 2. The Kier molecular flexibility index (Phi) is 13.5. The third kappa shape index (κ3) is 9.39. The van der Waals surface area contributed by atoms with Crippen LogP contribution in [0, 0.1) is 0 Å². The summed E-state index contributed by atoms with van der Waals surface area (Å²) >= 11 is 0. The van der Waals surface area contributed by atoms with Gasteiger partial charge in [0.2, 0.25) is 5.91 Å². The van der Waals surface area contributed by atoms with E-state index in [1.54, 1.807) is 0 Å². The topological polar surface area (TPSA) is 226 Å². The van der Waals surface area contributed by atoms with Crippen molar-refractivity contribution in [1.29, 1.82) is 0 Å². The number of carbonyl (C=O) groups excluding carboxylic acids is 2. The van der Waals surface area contributed by atoms with Crippen molar-refractivity contribution in [3.63, 3.8) is 0 Å². The number of esters is 1. The molecule has 0 unspecified atom stereocenters. The molecule has 284 valence electrons. The highest BCUT2D eigenvalue weighted by atomic mass is 32.3. The lowest BCUT2D eigenvalue weighted by Gasteiger charge is -2.49. The Hall–Kier alpha value is -2.85. The molecule has 2 saturated heterocycles. The molecule has 4 rings (SSSR count). The van der Waals surface area contributed by atoms with Crippen LogP contribution in [-0.4, -0.2) is 130 Å². The van der Waals surface area contributed by atoms with Gasteiger partial charge in [0.15, 0.2) is 18.7 Å². The van der Waals surface area contributed by atoms with E-state index in [1.807, 2.05) is 81.4 Å². The number of aliphatic hydroxyl groups is 3. The summed E-state index contributed by atoms with van der Waals surface area (Å²) in [5.74, 6) is -1.54. The smallest absolute Gasteiger partial charge is 0.397 e. The molecule has 1 amide bonds. The molecule has 10 atom stereocenters. The van der Waals surface area contributed by atoms with Gasteiger partial charge in [0.25, 0.3) is 8.32 Å². The van der Waals surface area contributed by atoms with Gasteiger partial charge in [-0.3, -0.25) is 14.1 Å². The van der Waals surface area contributed by atoms with Crippen LogP contribution in [0.15, 0.2) is 60.7 Å². The molecule has 2 fully saturated rings. The van der Waals surface area contributed by atoms with Crippen molar-refractivity contribution >= 4 is 41.0 Å². The van der Waals surface area contributed by atoms with Crippen LogP contribution in [0.1, 0.15) is 34.6 Å². The summed E-state index contributed by atoms with van der Waals surface area (Å²) in [5.41, 5.74) is 0. The van der Waals surface area contributed by atoms with Gasteiger partial charge in [-0.15, -0.1) is 0 Å². The summed E-state index contributed by atoms with van der Waals surface area (Å²) in [6, 6.07) is 17.7. The van der Waals surface area contributed by atoms with Crippen LogP contribution < -0.4 is 15.7 Å². The maximum Gasteiger partial charge on any atom is 0.397 e. The predicted octanol–water partition coefficient (Wildman–Crippen LogP) is -0.617. The first-order valence-electron chi connectivity index (χ1n) is 16.2. The van der Waals surface area contributed by atoms with Crippen molar-refractivity contribution < 1.29 is 70.2 Å². The van der Waals surface area contributed by atoms with E-state index >= 15 is 0 Å². The minimum absolute atomic E-state index is 0.324. The molecule has 2 aliphatic heterocycles. The third-order valence-corrected chi connectivity index (χ3v) is 14.3. The molecule has 0 spiro atoms. The third-order valence-electron chi connectivity index (χ3n) is 8.78. The zero-order chi connectivity index (χ0) is 37.7. The first-order valence-corrected chi connectivity index (χ1v) is 19.5. The first kappa shape index (κ1) is 40.9. The SMILES string of the molecule is CO[C@H]1O[C@H](CO[Si](c2ccccc2)(c2ccccc2)C(C)(C)C)[C@@H](O[C@@H]2O[C@H](CO)[C@@H](O)[C@H](O)[C@H]2OC(C)=O)[C@H](OS(=O)(=O)O)[C@H]1NC(C)=O. The molecule has 2 aromatic rings. The van der Waals surface area contributed by atoms with Crippen molar-refractivity contribution in [1.82, 2.24) is 5.32 Å². The summed E-state index contributed by atoms with van der Waals surface area (Å²) in [6.45, 7) is 7.17. The molecular weight excluding hydrogens is 711 g/mol. The van der Waals surface area contributed by atoms with Gasteiger partial charge in [-0.1, -0.05) is 81.4 Å². The Labute approximate surface area is 298 Å². The van der Waals surface area contributed by atoms with Gasteiger partial charge < -0.3 is 48.7 Å². The average molecular weight is 758 g/mol. The molecule has 2 aromatic carbocycles. The van der Waals surface area contributed by atoms with E-state index in [1.165, 1.54) is 7.11 Å². The maximum atomic E-state index is 12.4. The average Bonchev–Trinajstić information content (AvgIpc) is 3.06. The minimum atomic E-state index is -5.27. The van der Waals surface area contributed by atoms with E-state index < -0.39 is 104 Å². The summed E-state index contributed by atoms with van der Waals surface area (Å²) < 4.78 is 75.9. The molecule has 5 N–H and O–H groups in total. The fraction of sp³-hybridized carbons (Fsp3) is 0.576. The first-order chi connectivity index (χ1) is 23.9. The number of nitrogens with one attached hydrogen (secondary N) is 1. The molecular formula is C33H47NO15SSi. The minimum Gasteiger partial charge on any atom is -0.454 e. The zero-order valence-electron chi connectivity index (χ0n) is 29.1. The van der Waals surface area contributed by atoms with E-state index in [0.29, 0.717) is 0 Å². The second-order valence-corrected chi connectivity index (χ2v) is 18.7. The lowest BCUT2D eigenvalue weighted by molar-refractivity contribution is -0.345. The van der Waals surface area contributed by atoms with Crippen molar-refractivity contribution in [3.8, 4) is 0 Å². The Bertz CT molecular complexity index is 1520. The molecule has 0 aliphatic carbocycles. The number of aliphatic hydroxyl groups excluding tert-OH is 3. The molecule has 0 bridgehead atoms. The summed E-state index contributed by atoms with van der Waals surface area (Å²) in [7, 11) is -7.32. The highest BCUT2D eigenvalue weighted by Gasteiger charge is 2.56. The van der Waals surface area contributed by atoms with Crippen molar-refractivity contribution in [2.45, 2.75) is 101 Å². The van der Waals surface area contributed by atoms with E-state index in [0.717, 1.165) is 24.2 Å². The summed E-state index contributed by atoms with van der Waals surface area (Å²) in [5, 5.41) is 35.2. The van der Waals surface area contributed by atoms with Gasteiger partial charge in [-0.05, 0) is 15.4 Å². The van der Waals surface area contributed by atoms with E-state index in [4.69, 9.17) is 32.3 Å². The second kappa shape index (κ2) is 16.9. The highest BCUT2D eigenvalue weighted by Crippen LogP contribution is 2.38. The highest BCUT2D eigenvalue weighted by molar-refractivity contribution is 7.80. The van der Waals surface area contributed by atoms with E-state index in [9.17, 15) is 37.9 Å². The quantitative estimate of drug-likeness (QED) is 0.0976. The Morgan fingerprint density at radius 2 is 1.41 bits per heavy atom. The molecule has 18 heteroatoms. The lowest BCUT2D eigenvalue weighted by Crippen LogP contribution is -2.70. The molecule has 2 aliphatic rings. The second-order valence-electron chi connectivity index (χ2n) is 13.3. The molecule has 0 saturated carbocycles. The van der Waals surface area contributed by atoms with Crippen LogP contribution in [0.3, 0.4) is 0 Å². The molecule has 0 radical (unpaired) electrons. The predicted molar refractivity (Wildman–Crippen MR) is 181 cm³/mol. The Morgan fingerprint density at radius 3 is 1.86 bits per heavy atom. The molecule has 0 aromatic heterocycles. The normalized spacial score (nSPS) is 30.4. The van der Waals surface area contributed by atoms with Crippen LogP contribution in [0.5, 0.6) is 0 Å². The van der Waals surface area contributed by atoms with Crippen LogP contribution >= 0.6 is 0 Å². The number of amides is 1. The number of ether oxygens (including phenoxy) is 5. The van der Waals surface area contributed by atoms with Gasteiger partial charge in [-0.25, -0.2) is 4.18 Å². The van der Waals surface area contributed by atoms with Crippen molar-refractivity contribution in [2.75, 3.05) is 20.3 Å². The Morgan fingerprint density at radius 1 is 0.863 bits per heavy atom. The largest absolute Gasteiger partial charge is 0.454 e. The fourth-order valence-corrected chi connectivity index (χ4v) is 11.7. The number of hydrogen-bond acceptors (Lipinski definition) is 14. The maximum absolute atomic E-state index is 12.4. The number of methoxy groups -OCH3 is 1. The standard InChI is InChI=1S/C33H47NO15SSi/c1-19(36)34-25-29(49-50(40,41)42)28(48-32-30(45-20(2)37)27(39)26(38)23(17-35)46-32)24(47-31(25)43-6)18-44-51(33(3,4)5,21-13-9-7-10-14-21)22-15-11-8-12-16-22/h7-16,23-32,35,38-39H,17-18H2,1-6H3,(H,34,36)(H,40,41,42)/t23-,24-,25-,26-,27+,28-,29-,30-,31+,32+/m1/s1. The van der Waals surface area contributed by atoms with Gasteiger partial charge in [0, 0.05) is 21.0 Å². The zero-order valence-corrected chi connectivity index (χ0v) is 31.0. The van der Waals surface area contributed by atoms with Crippen LogP contribution in [-0.2, 0) is 52.3 Å². The van der Waals surface area contributed by atoms with Gasteiger partial charge >= 0.3 is 16.4 Å². The number of rotatable bonds is 13. The molecule has 2 heterocycles. The monoisotopic (exact) mass is 757 g/mol. The van der Waals surface area contributed by atoms with Gasteiger partial charge in [0.1, 0.15) is 42.7 Å². The van der Waals surface area contributed by atoms with Gasteiger partial charge in [0.05, 0.1) is 13.2 Å².